The van der Waals surface area contributed by atoms with E-state index in [0.29, 0.717) is 17.4 Å². The molecular formula is C13H10FN3O. The lowest BCUT2D eigenvalue weighted by atomic mass is 10.2. The van der Waals surface area contributed by atoms with E-state index in [1.807, 2.05) is 12.1 Å². The molecule has 3 rings (SSSR count). The Hall–Kier alpha value is -2.43. The normalized spacial score (nSPS) is 10.9. The summed E-state index contributed by atoms with van der Waals surface area (Å²) >= 11 is 0. The van der Waals surface area contributed by atoms with Crippen LogP contribution in [-0.2, 0) is 6.54 Å². The van der Waals surface area contributed by atoms with Crippen molar-refractivity contribution in [2.24, 2.45) is 0 Å². The van der Waals surface area contributed by atoms with Crippen LogP contribution in [0.5, 0.6) is 0 Å². The van der Waals surface area contributed by atoms with Crippen LogP contribution in [-0.4, -0.2) is 14.8 Å². The number of aromatic amines is 1. The van der Waals surface area contributed by atoms with Gasteiger partial charge in [-0.05, 0) is 29.8 Å². The van der Waals surface area contributed by atoms with Crippen LogP contribution in [0.1, 0.15) is 5.56 Å². The van der Waals surface area contributed by atoms with E-state index >= 15 is 0 Å². The lowest BCUT2D eigenvalue weighted by Crippen LogP contribution is -2.17. The van der Waals surface area contributed by atoms with Crippen molar-refractivity contribution in [3.05, 3.63) is 64.5 Å². The summed E-state index contributed by atoms with van der Waals surface area (Å²) in [4.78, 5) is 16.0. The molecule has 0 amide bonds. The molecule has 0 aliphatic rings. The molecule has 0 aliphatic heterocycles. The summed E-state index contributed by atoms with van der Waals surface area (Å²) in [5.41, 5.74) is 1.25. The van der Waals surface area contributed by atoms with Crippen molar-refractivity contribution in [2.75, 3.05) is 0 Å². The van der Waals surface area contributed by atoms with Gasteiger partial charge in [-0.2, -0.15) is 0 Å². The topological polar surface area (TPSA) is 50.7 Å². The Morgan fingerprint density at radius 1 is 1.33 bits per heavy atom. The molecular weight excluding hydrogens is 233 g/mol. The first-order chi connectivity index (χ1) is 8.74. The van der Waals surface area contributed by atoms with Crippen LogP contribution in [0.15, 0.2) is 47.5 Å². The van der Waals surface area contributed by atoms with Crippen LogP contribution in [0.2, 0.25) is 0 Å². The fraction of sp³-hybridized carbons (Fsp3) is 0.0769. The molecule has 0 spiro atoms. The predicted octanol–water partition coefficient (Wildman–Crippen LogP) is 1.91. The Bertz CT molecular complexity index is 746. The molecule has 2 heterocycles. The summed E-state index contributed by atoms with van der Waals surface area (Å²) < 4.78 is 14.5. The molecule has 1 N–H and O–H groups in total. The minimum absolute atomic E-state index is 0.158. The molecule has 4 nitrogen and oxygen atoms in total. The van der Waals surface area contributed by atoms with Crippen LogP contribution >= 0.6 is 0 Å². The highest BCUT2D eigenvalue weighted by atomic mass is 19.1. The Labute approximate surface area is 102 Å². The van der Waals surface area contributed by atoms with Gasteiger partial charge in [-0.1, -0.05) is 6.07 Å². The van der Waals surface area contributed by atoms with Gasteiger partial charge in [0.05, 0.1) is 17.4 Å². The summed E-state index contributed by atoms with van der Waals surface area (Å²) in [7, 11) is 0. The molecule has 0 fully saturated rings. The van der Waals surface area contributed by atoms with E-state index in [1.54, 1.807) is 12.4 Å². The van der Waals surface area contributed by atoms with Crippen molar-refractivity contribution in [1.82, 2.24) is 14.8 Å². The number of aromatic nitrogens is 3. The standard InChI is InChI=1S/C13H10FN3O/c14-10-3-4-11-12(6-10)16-17(13(11)18)8-9-2-1-5-15-7-9/h1-7,16H,8H2. The van der Waals surface area contributed by atoms with Crippen molar-refractivity contribution < 1.29 is 4.39 Å². The Morgan fingerprint density at radius 3 is 3.00 bits per heavy atom. The SMILES string of the molecule is O=c1c2ccc(F)cc2[nH]n1Cc1cccnc1. The zero-order chi connectivity index (χ0) is 12.5. The Balaban J connectivity index is 2.08. The highest BCUT2D eigenvalue weighted by Crippen LogP contribution is 2.10. The molecule has 0 atom stereocenters. The Morgan fingerprint density at radius 2 is 2.22 bits per heavy atom. The van der Waals surface area contributed by atoms with Gasteiger partial charge in [-0.15, -0.1) is 0 Å². The van der Waals surface area contributed by atoms with Gasteiger partial charge >= 0.3 is 0 Å². The van der Waals surface area contributed by atoms with Crippen molar-refractivity contribution in [2.45, 2.75) is 6.54 Å². The van der Waals surface area contributed by atoms with E-state index in [-0.39, 0.29) is 11.4 Å². The molecule has 3 aromatic rings. The summed E-state index contributed by atoms with van der Waals surface area (Å²) in [6, 6.07) is 7.78. The first kappa shape index (κ1) is 10.7. The zero-order valence-corrected chi connectivity index (χ0v) is 9.43. The number of hydrogen-bond donors (Lipinski definition) is 1. The minimum Gasteiger partial charge on any atom is -0.295 e. The number of rotatable bonds is 2. The fourth-order valence-electron chi connectivity index (χ4n) is 1.92. The third-order valence-corrected chi connectivity index (χ3v) is 2.78. The number of nitrogens with one attached hydrogen (secondary N) is 1. The summed E-state index contributed by atoms with van der Waals surface area (Å²) in [5, 5.41) is 3.38. The van der Waals surface area contributed by atoms with Gasteiger partial charge < -0.3 is 0 Å². The van der Waals surface area contributed by atoms with Gasteiger partial charge in [0.15, 0.2) is 0 Å². The highest BCUT2D eigenvalue weighted by Gasteiger charge is 2.07. The van der Waals surface area contributed by atoms with Gasteiger partial charge in [0, 0.05) is 12.4 Å². The molecule has 0 bridgehead atoms. The smallest absolute Gasteiger partial charge is 0.274 e. The monoisotopic (exact) mass is 243 g/mol. The van der Waals surface area contributed by atoms with Crippen molar-refractivity contribution in [3.63, 3.8) is 0 Å². The van der Waals surface area contributed by atoms with Crippen molar-refractivity contribution in [3.8, 4) is 0 Å². The average Bonchev–Trinajstić information content (AvgIpc) is 2.67. The van der Waals surface area contributed by atoms with Gasteiger partial charge in [0.25, 0.3) is 5.56 Å². The maximum Gasteiger partial charge on any atom is 0.274 e. The number of pyridine rings is 1. The van der Waals surface area contributed by atoms with E-state index in [4.69, 9.17) is 0 Å². The first-order valence-corrected chi connectivity index (χ1v) is 5.51. The molecule has 5 heteroatoms. The van der Waals surface area contributed by atoms with Crippen molar-refractivity contribution in [1.29, 1.82) is 0 Å². The van der Waals surface area contributed by atoms with Crippen LogP contribution in [0.4, 0.5) is 4.39 Å². The third kappa shape index (κ3) is 1.79. The Kier molecular flexibility index (Phi) is 2.44. The maximum absolute atomic E-state index is 13.1. The van der Waals surface area contributed by atoms with E-state index in [0.717, 1.165) is 5.56 Å². The molecule has 1 aromatic carbocycles. The minimum atomic E-state index is -0.364. The van der Waals surface area contributed by atoms with Crippen LogP contribution in [0.3, 0.4) is 0 Å². The number of nitrogens with zero attached hydrogens (tertiary/aromatic N) is 2. The molecule has 90 valence electrons. The van der Waals surface area contributed by atoms with E-state index in [9.17, 15) is 9.18 Å². The molecule has 18 heavy (non-hydrogen) atoms. The van der Waals surface area contributed by atoms with Gasteiger partial charge in [-0.25, -0.2) is 9.07 Å². The molecule has 2 aromatic heterocycles. The summed E-state index contributed by atoms with van der Waals surface area (Å²) in [6.07, 6.45) is 3.37. The first-order valence-electron chi connectivity index (χ1n) is 5.51. The number of halogens is 1. The summed E-state index contributed by atoms with van der Waals surface area (Å²) in [6.45, 7) is 0.392. The predicted molar refractivity (Wildman–Crippen MR) is 65.9 cm³/mol. The van der Waals surface area contributed by atoms with Gasteiger partial charge in [-0.3, -0.25) is 14.9 Å². The zero-order valence-electron chi connectivity index (χ0n) is 9.43. The van der Waals surface area contributed by atoms with Crippen LogP contribution in [0.25, 0.3) is 10.9 Å². The van der Waals surface area contributed by atoms with E-state index < -0.39 is 0 Å². The molecule has 0 unspecified atom stereocenters. The van der Waals surface area contributed by atoms with Crippen molar-refractivity contribution >= 4 is 10.9 Å². The van der Waals surface area contributed by atoms with Crippen LogP contribution < -0.4 is 5.56 Å². The quantitative estimate of drug-likeness (QED) is 0.747. The van der Waals surface area contributed by atoms with E-state index in [1.165, 1.54) is 22.9 Å². The molecule has 0 saturated carbocycles. The summed E-state index contributed by atoms with van der Waals surface area (Å²) in [5.74, 6) is -0.364. The fourth-order valence-corrected chi connectivity index (χ4v) is 1.92. The molecule has 0 aliphatic carbocycles. The second-order valence-corrected chi connectivity index (χ2v) is 4.05. The average molecular weight is 243 g/mol. The number of benzene rings is 1. The third-order valence-electron chi connectivity index (χ3n) is 2.78. The van der Waals surface area contributed by atoms with Gasteiger partial charge in [0.2, 0.25) is 0 Å². The van der Waals surface area contributed by atoms with Crippen LogP contribution in [0, 0.1) is 5.82 Å². The number of hydrogen-bond acceptors (Lipinski definition) is 2. The van der Waals surface area contributed by atoms with Gasteiger partial charge in [0.1, 0.15) is 5.82 Å². The largest absolute Gasteiger partial charge is 0.295 e. The molecule has 0 saturated heterocycles. The second kappa shape index (κ2) is 4.10. The highest BCUT2D eigenvalue weighted by molar-refractivity contribution is 5.77. The maximum atomic E-state index is 13.1. The number of H-pyrrole nitrogens is 1. The number of fused-ring (bicyclic) bond motifs is 1. The second-order valence-electron chi connectivity index (χ2n) is 4.05. The van der Waals surface area contributed by atoms with E-state index in [2.05, 4.69) is 10.1 Å². The molecule has 0 radical (unpaired) electrons. The lowest BCUT2D eigenvalue weighted by Gasteiger charge is -2.00. The lowest BCUT2D eigenvalue weighted by molar-refractivity contribution is 0.628.